The van der Waals surface area contributed by atoms with Crippen molar-refractivity contribution in [3.05, 3.63) is 78.8 Å². The van der Waals surface area contributed by atoms with E-state index >= 15 is 0 Å². The molecule has 0 radical (unpaired) electrons. The predicted octanol–water partition coefficient (Wildman–Crippen LogP) is 2.68. The van der Waals surface area contributed by atoms with Crippen molar-refractivity contribution in [3.63, 3.8) is 0 Å². The minimum atomic E-state index is -0.00986. The van der Waals surface area contributed by atoms with Crippen LogP contribution in [0.25, 0.3) is 16.7 Å². The average Bonchev–Trinajstić information content (AvgIpc) is 2.65. The topological polar surface area (TPSA) is 61.9 Å². The van der Waals surface area contributed by atoms with Crippen LogP contribution in [-0.4, -0.2) is 22.6 Å². The summed E-state index contributed by atoms with van der Waals surface area (Å²) in [5.41, 5.74) is 11.3. The van der Waals surface area contributed by atoms with Gasteiger partial charge in [-0.3, -0.25) is 15.4 Å². The van der Waals surface area contributed by atoms with E-state index < -0.39 is 0 Å². The third kappa shape index (κ3) is 3.95. The first-order valence-electron chi connectivity index (χ1n) is 7.90. The Balaban J connectivity index is 2.03. The van der Waals surface area contributed by atoms with Gasteiger partial charge < -0.3 is 5.32 Å². The fourth-order valence-corrected chi connectivity index (χ4v) is 2.46. The van der Waals surface area contributed by atoms with Crippen molar-refractivity contribution >= 4 is 16.7 Å². The van der Waals surface area contributed by atoms with Crippen LogP contribution < -0.4 is 16.2 Å². The van der Waals surface area contributed by atoms with Gasteiger partial charge in [-0.15, -0.1) is 6.58 Å². The maximum absolute atomic E-state index is 4.39. The number of nitrogens with one attached hydrogen (secondary N) is 3. The summed E-state index contributed by atoms with van der Waals surface area (Å²) in [5.74, 6) is 0. The van der Waals surface area contributed by atoms with Crippen LogP contribution in [0.15, 0.2) is 73.2 Å². The Labute approximate surface area is 141 Å². The van der Waals surface area contributed by atoms with Crippen molar-refractivity contribution in [2.45, 2.75) is 13.0 Å². The van der Waals surface area contributed by atoms with Crippen LogP contribution in [0, 0.1) is 0 Å². The molecule has 24 heavy (non-hydrogen) atoms. The van der Waals surface area contributed by atoms with Crippen LogP contribution in [0.2, 0.25) is 0 Å². The van der Waals surface area contributed by atoms with Crippen molar-refractivity contribution in [1.29, 1.82) is 0 Å². The highest BCUT2D eigenvalue weighted by Crippen LogP contribution is 2.19. The Morgan fingerprint density at radius 3 is 2.88 bits per heavy atom. The van der Waals surface area contributed by atoms with Gasteiger partial charge in [0.1, 0.15) is 0 Å². The first kappa shape index (κ1) is 16.1. The van der Waals surface area contributed by atoms with Crippen LogP contribution in [-0.2, 0) is 0 Å². The largest absolute Gasteiger partial charge is 0.359 e. The van der Waals surface area contributed by atoms with Gasteiger partial charge in [0.25, 0.3) is 0 Å². The molecule has 1 atom stereocenters. The normalized spacial score (nSPS) is 24.6. The zero-order valence-electron chi connectivity index (χ0n) is 13.7. The number of hydrazine groups is 1. The summed E-state index contributed by atoms with van der Waals surface area (Å²) in [6.07, 6.45) is 13.5. The lowest BCUT2D eigenvalue weighted by Gasteiger charge is -2.16. The first-order chi connectivity index (χ1) is 11.8. The molecule has 0 saturated heterocycles. The number of nitrogens with zero attached hydrogens (tertiary/aromatic N) is 2. The molecule has 2 heterocycles. The van der Waals surface area contributed by atoms with E-state index in [4.69, 9.17) is 0 Å². The maximum Gasteiger partial charge on any atom is 0.0893 e. The Kier molecular flexibility index (Phi) is 5.15. The van der Waals surface area contributed by atoms with Crippen LogP contribution in [0.5, 0.6) is 0 Å². The summed E-state index contributed by atoms with van der Waals surface area (Å²) < 4.78 is 0. The van der Waals surface area contributed by atoms with Crippen LogP contribution in [0.1, 0.15) is 12.5 Å². The molecule has 0 amide bonds. The van der Waals surface area contributed by atoms with Crippen LogP contribution >= 0.6 is 0 Å². The van der Waals surface area contributed by atoms with E-state index in [0.29, 0.717) is 0 Å². The molecule has 3 rings (SSSR count). The second-order valence-electron chi connectivity index (χ2n) is 5.53. The number of aromatic nitrogens is 2. The second-order valence-corrected chi connectivity index (χ2v) is 5.53. The molecular formula is C19H21N5. The third-order valence-electron chi connectivity index (χ3n) is 3.68. The number of fused-ring (bicyclic) bond motifs is 1. The minimum Gasteiger partial charge on any atom is -0.359 e. The fourth-order valence-electron chi connectivity index (χ4n) is 2.46. The number of benzene rings is 1. The van der Waals surface area contributed by atoms with E-state index in [2.05, 4.69) is 44.9 Å². The molecule has 1 aliphatic rings. The molecule has 1 aliphatic heterocycles. The van der Waals surface area contributed by atoms with Gasteiger partial charge in [0, 0.05) is 30.3 Å². The highest BCUT2D eigenvalue weighted by molar-refractivity contribution is 5.80. The zero-order chi connectivity index (χ0) is 16.8. The molecule has 0 aliphatic carbocycles. The smallest absolute Gasteiger partial charge is 0.0893 e. The highest BCUT2D eigenvalue weighted by atomic mass is 15.4. The monoisotopic (exact) mass is 319 g/mol. The number of allylic oxidation sites excluding steroid dienone is 3. The first-order valence-corrected chi connectivity index (χ1v) is 7.90. The quantitative estimate of drug-likeness (QED) is 0.743. The summed E-state index contributed by atoms with van der Waals surface area (Å²) in [4.78, 5) is 8.72. The van der Waals surface area contributed by atoms with E-state index in [1.807, 2.05) is 43.4 Å². The summed E-state index contributed by atoms with van der Waals surface area (Å²) in [6, 6.07) is 6.06. The molecule has 1 aromatic heterocycles. The summed E-state index contributed by atoms with van der Waals surface area (Å²) in [7, 11) is 0. The average molecular weight is 319 g/mol. The van der Waals surface area contributed by atoms with Crippen LogP contribution in [0.4, 0.5) is 0 Å². The molecule has 1 aromatic carbocycles. The molecule has 3 N–H and O–H groups in total. The molecule has 5 nitrogen and oxygen atoms in total. The molecule has 2 aromatic rings. The number of rotatable bonds is 2. The van der Waals surface area contributed by atoms with Crippen molar-refractivity contribution in [1.82, 2.24) is 26.1 Å². The molecule has 1 unspecified atom stereocenters. The molecule has 0 fully saturated rings. The molecule has 0 bridgehead atoms. The fraction of sp³-hybridized carbons (Fsp3) is 0.158. The Hall–Kier alpha value is -2.76. The van der Waals surface area contributed by atoms with Gasteiger partial charge in [0.05, 0.1) is 17.1 Å². The Morgan fingerprint density at radius 1 is 1.21 bits per heavy atom. The molecule has 0 saturated carbocycles. The van der Waals surface area contributed by atoms with Gasteiger partial charge in [-0.2, -0.15) is 0 Å². The van der Waals surface area contributed by atoms with E-state index in [9.17, 15) is 0 Å². The second kappa shape index (κ2) is 7.68. The molecule has 122 valence electrons. The van der Waals surface area contributed by atoms with E-state index in [-0.39, 0.29) is 6.04 Å². The summed E-state index contributed by atoms with van der Waals surface area (Å²) in [5, 5.41) is 3.47. The third-order valence-corrected chi connectivity index (χ3v) is 3.68. The van der Waals surface area contributed by atoms with Gasteiger partial charge in [-0.1, -0.05) is 24.3 Å². The Morgan fingerprint density at radius 2 is 2.04 bits per heavy atom. The zero-order valence-corrected chi connectivity index (χ0v) is 13.7. The Bertz CT molecular complexity index is 819. The van der Waals surface area contributed by atoms with Gasteiger partial charge in [-0.25, -0.2) is 5.43 Å². The highest BCUT2D eigenvalue weighted by Gasteiger charge is 2.08. The van der Waals surface area contributed by atoms with E-state index in [1.165, 1.54) is 0 Å². The summed E-state index contributed by atoms with van der Waals surface area (Å²) in [6.45, 7) is 6.68. The maximum atomic E-state index is 4.39. The van der Waals surface area contributed by atoms with Gasteiger partial charge in [-0.05, 0) is 36.8 Å². The SMILES string of the molecule is C=CC1/C=C(/c2ccc3nccnc3c2)N/C(C)=C\C=C/CNN1. The lowest BCUT2D eigenvalue weighted by atomic mass is 10.1. The molecule has 5 heteroatoms. The van der Waals surface area contributed by atoms with Gasteiger partial charge in [0.15, 0.2) is 0 Å². The van der Waals surface area contributed by atoms with Gasteiger partial charge in [0.2, 0.25) is 0 Å². The predicted molar refractivity (Wildman–Crippen MR) is 98.7 cm³/mol. The number of hydrogen-bond donors (Lipinski definition) is 3. The molecule has 0 spiro atoms. The summed E-state index contributed by atoms with van der Waals surface area (Å²) >= 11 is 0. The lowest BCUT2D eigenvalue weighted by Crippen LogP contribution is -2.39. The van der Waals surface area contributed by atoms with E-state index in [1.54, 1.807) is 12.4 Å². The van der Waals surface area contributed by atoms with E-state index in [0.717, 1.165) is 34.5 Å². The van der Waals surface area contributed by atoms with Crippen molar-refractivity contribution in [2.24, 2.45) is 0 Å². The molecular weight excluding hydrogens is 298 g/mol. The van der Waals surface area contributed by atoms with Crippen molar-refractivity contribution in [2.75, 3.05) is 6.54 Å². The standard InChI is InChI=1S/C19H21N5/c1-3-16-13-18(23-14(2)6-4-5-9-22-24-16)15-7-8-17-19(12-15)21-11-10-20-17/h3-8,10-13,16,22-24H,1,9H2,2H3/b5-4-,14-6-,18-13-. The lowest BCUT2D eigenvalue weighted by molar-refractivity contribution is 0.556. The van der Waals surface area contributed by atoms with Crippen molar-refractivity contribution in [3.8, 4) is 0 Å². The minimum absolute atomic E-state index is 0.00986. The van der Waals surface area contributed by atoms with Crippen molar-refractivity contribution < 1.29 is 0 Å². The van der Waals surface area contributed by atoms with Gasteiger partial charge >= 0.3 is 0 Å². The number of hydrogen-bond acceptors (Lipinski definition) is 5. The van der Waals surface area contributed by atoms with Crippen LogP contribution in [0.3, 0.4) is 0 Å².